The Morgan fingerprint density at radius 3 is 2.45 bits per heavy atom. The van der Waals surface area contributed by atoms with Crippen molar-refractivity contribution in [2.75, 3.05) is 0 Å². The summed E-state index contributed by atoms with van der Waals surface area (Å²) >= 11 is 0. The molecule has 1 aromatic carbocycles. The number of carbonyl (C=O) groups excluding carboxylic acids is 1. The first-order valence-corrected chi connectivity index (χ1v) is 10.2. The van der Waals surface area contributed by atoms with Crippen LogP contribution in [0.2, 0.25) is 0 Å². The smallest absolute Gasteiger partial charge is 0.318 e. The van der Waals surface area contributed by atoms with Crippen LogP contribution in [0.4, 0.5) is 0 Å². The summed E-state index contributed by atoms with van der Waals surface area (Å²) in [5, 5.41) is 4.20. The molecular formula is C25H30N2O2. The fourth-order valence-electron chi connectivity index (χ4n) is 3.21. The molecule has 1 aromatic heterocycles. The first-order valence-electron chi connectivity index (χ1n) is 10.2. The van der Waals surface area contributed by atoms with Gasteiger partial charge < -0.3 is 4.84 Å². The summed E-state index contributed by atoms with van der Waals surface area (Å²) in [6.45, 7) is 9.81. The summed E-state index contributed by atoms with van der Waals surface area (Å²) in [4.78, 5) is 20.8. The molecule has 0 spiro atoms. The number of nitrogens with zero attached hydrogens (tertiary/aromatic N) is 2. The third-order valence-corrected chi connectivity index (χ3v) is 4.67. The van der Waals surface area contributed by atoms with Gasteiger partial charge in [-0.2, -0.15) is 0 Å². The van der Waals surface area contributed by atoms with E-state index in [0.717, 1.165) is 52.9 Å². The molecule has 4 nitrogen and oxygen atoms in total. The van der Waals surface area contributed by atoms with E-state index < -0.39 is 5.97 Å². The van der Waals surface area contributed by atoms with Crippen molar-refractivity contribution in [2.24, 2.45) is 5.16 Å². The lowest BCUT2D eigenvalue weighted by atomic mass is 9.89. The van der Waals surface area contributed by atoms with Crippen LogP contribution in [0.1, 0.15) is 69.7 Å². The number of aromatic nitrogens is 1. The van der Waals surface area contributed by atoms with E-state index >= 15 is 0 Å². The highest BCUT2D eigenvalue weighted by molar-refractivity contribution is 6.24. The van der Waals surface area contributed by atoms with Crippen molar-refractivity contribution in [3.8, 4) is 0 Å². The molecule has 0 aliphatic heterocycles. The molecule has 0 saturated carbocycles. The van der Waals surface area contributed by atoms with E-state index in [1.807, 2.05) is 55.5 Å². The molecule has 0 amide bonds. The predicted molar refractivity (Wildman–Crippen MR) is 120 cm³/mol. The van der Waals surface area contributed by atoms with Crippen molar-refractivity contribution >= 4 is 22.8 Å². The molecule has 0 atom stereocenters. The molecule has 2 aromatic rings. The Morgan fingerprint density at radius 2 is 1.83 bits per heavy atom. The monoisotopic (exact) mass is 390 g/mol. The summed E-state index contributed by atoms with van der Waals surface area (Å²) < 4.78 is 0. The second-order valence-corrected chi connectivity index (χ2v) is 6.87. The maximum absolute atomic E-state index is 11.4. The summed E-state index contributed by atoms with van der Waals surface area (Å²) in [7, 11) is 0. The van der Waals surface area contributed by atoms with Crippen molar-refractivity contribution in [1.82, 2.24) is 4.98 Å². The van der Waals surface area contributed by atoms with Crippen LogP contribution in [0.15, 0.2) is 66.5 Å². The zero-order chi connectivity index (χ0) is 21.1. The lowest BCUT2D eigenvalue weighted by Crippen LogP contribution is -2.08. The maximum atomic E-state index is 11.4. The molecule has 0 bridgehead atoms. The van der Waals surface area contributed by atoms with Gasteiger partial charge in [0.1, 0.15) is 0 Å². The topological polar surface area (TPSA) is 51.6 Å². The van der Waals surface area contributed by atoms with Gasteiger partial charge in [0, 0.05) is 24.3 Å². The highest BCUT2D eigenvalue weighted by Gasteiger charge is 2.16. The molecule has 0 N–H and O–H groups in total. The number of rotatable bonds is 10. The van der Waals surface area contributed by atoms with E-state index in [-0.39, 0.29) is 0 Å². The predicted octanol–water partition coefficient (Wildman–Crippen LogP) is 6.44. The Bertz CT molecular complexity index is 883. The van der Waals surface area contributed by atoms with Gasteiger partial charge in [-0.1, -0.05) is 74.3 Å². The van der Waals surface area contributed by atoms with Crippen LogP contribution in [0.25, 0.3) is 11.1 Å². The van der Waals surface area contributed by atoms with Gasteiger partial charge in [0.25, 0.3) is 0 Å². The SMILES string of the molecule is C=C(c1ccccn1)c1ccccc1C(=C\C)/C(CCCCCC)=N/OC(C)=O. The quantitative estimate of drug-likeness (QED) is 0.203. The normalized spacial score (nSPS) is 12.0. The highest BCUT2D eigenvalue weighted by Crippen LogP contribution is 2.30. The molecule has 0 radical (unpaired) electrons. The number of carbonyl (C=O) groups is 1. The molecule has 1 heterocycles. The van der Waals surface area contributed by atoms with Crippen LogP contribution in [0.5, 0.6) is 0 Å². The van der Waals surface area contributed by atoms with Crippen molar-refractivity contribution in [1.29, 1.82) is 0 Å². The second-order valence-electron chi connectivity index (χ2n) is 6.87. The van der Waals surface area contributed by atoms with Gasteiger partial charge in [-0.15, -0.1) is 0 Å². The van der Waals surface area contributed by atoms with Crippen molar-refractivity contribution in [2.45, 2.75) is 52.9 Å². The Kier molecular flexibility index (Phi) is 9.03. The average molecular weight is 391 g/mol. The van der Waals surface area contributed by atoms with Crippen LogP contribution < -0.4 is 0 Å². The maximum Gasteiger partial charge on any atom is 0.331 e. The number of hydrogen-bond donors (Lipinski definition) is 0. The average Bonchev–Trinajstić information content (AvgIpc) is 2.75. The van der Waals surface area contributed by atoms with Crippen molar-refractivity contribution in [3.63, 3.8) is 0 Å². The van der Waals surface area contributed by atoms with Crippen LogP contribution in [0.3, 0.4) is 0 Å². The van der Waals surface area contributed by atoms with Crippen LogP contribution in [-0.4, -0.2) is 16.7 Å². The Hall–Kier alpha value is -3.01. The fraction of sp³-hybridized carbons (Fsp3) is 0.320. The first kappa shape index (κ1) is 22.3. The fourth-order valence-corrected chi connectivity index (χ4v) is 3.21. The molecule has 0 saturated heterocycles. The molecule has 29 heavy (non-hydrogen) atoms. The van der Waals surface area contributed by atoms with E-state index in [2.05, 4.69) is 23.6 Å². The largest absolute Gasteiger partial charge is 0.331 e. The van der Waals surface area contributed by atoms with E-state index in [9.17, 15) is 4.79 Å². The molecule has 0 aliphatic rings. The summed E-state index contributed by atoms with van der Waals surface area (Å²) in [6, 6.07) is 13.9. The number of hydrogen-bond acceptors (Lipinski definition) is 4. The van der Waals surface area contributed by atoms with Gasteiger partial charge in [-0.3, -0.25) is 4.98 Å². The van der Waals surface area contributed by atoms with Gasteiger partial charge in [0.15, 0.2) is 0 Å². The number of pyridine rings is 1. The molecule has 0 aliphatic carbocycles. The van der Waals surface area contributed by atoms with Gasteiger partial charge in [0.2, 0.25) is 0 Å². The molecule has 0 fully saturated rings. The minimum atomic E-state index is -0.419. The molecule has 0 unspecified atom stereocenters. The van der Waals surface area contributed by atoms with Crippen LogP contribution in [0, 0.1) is 0 Å². The van der Waals surface area contributed by atoms with Crippen LogP contribution in [-0.2, 0) is 9.63 Å². The van der Waals surface area contributed by atoms with Crippen molar-refractivity contribution < 1.29 is 9.63 Å². The Balaban J connectivity index is 2.41. The van der Waals surface area contributed by atoms with E-state index in [4.69, 9.17) is 4.84 Å². The van der Waals surface area contributed by atoms with Gasteiger partial charge in [0.05, 0.1) is 11.4 Å². The number of benzene rings is 1. The number of oxime groups is 1. The van der Waals surface area contributed by atoms with E-state index in [1.165, 1.54) is 19.8 Å². The third kappa shape index (κ3) is 6.53. The highest BCUT2D eigenvalue weighted by atomic mass is 16.7. The second kappa shape index (κ2) is 11.7. The Morgan fingerprint density at radius 1 is 1.10 bits per heavy atom. The van der Waals surface area contributed by atoms with Crippen LogP contribution >= 0.6 is 0 Å². The lowest BCUT2D eigenvalue weighted by molar-refractivity contribution is -0.140. The number of unbranched alkanes of at least 4 members (excludes halogenated alkanes) is 3. The Labute approximate surface area is 174 Å². The zero-order valence-corrected chi connectivity index (χ0v) is 17.6. The lowest BCUT2D eigenvalue weighted by Gasteiger charge is -2.16. The van der Waals surface area contributed by atoms with E-state index in [1.54, 1.807) is 6.20 Å². The standard InChI is InChI=1S/C25H30N2O2/c1-5-7-8-9-17-25(27-29-20(4)28)21(6-2)23-15-11-10-14-22(23)19(3)24-16-12-13-18-26-24/h6,10-16,18H,3,5,7-9,17H2,1-2,4H3/b21-6+,27-25+. The minimum absolute atomic E-state index is 0.419. The van der Waals surface area contributed by atoms with Gasteiger partial charge >= 0.3 is 5.97 Å². The first-order chi connectivity index (χ1) is 14.1. The van der Waals surface area contributed by atoms with Crippen molar-refractivity contribution in [3.05, 3.63) is 78.1 Å². The summed E-state index contributed by atoms with van der Waals surface area (Å²) in [5.74, 6) is -0.419. The summed E-state index contributed by atoms with van der Waals surface area (Å²) in [5.41, 5.74) is 5.40. The minimum Gasteiger partial charge on any atom is -0.318 e. The van der Waals surface area contributed by atoms with Gasteiger partial charge in [-0.25, -0.2) is 4.79 Å². The molecule has 152 valence electrons. The third-order valence-electron chi connectivity index (χ3n) is 4.67. The molecule has 4 heteroatoms. The molecule has 2 rings (SSSR count). The van der Waals surface area contributed by atoms with E-state index in [0.29, 0.717) is 0 Å². The zero-order valence-electron chi connectivity index (χ0n) is 17.6. The van der Waals surface area contributed by atoms with Gasteiger partial charge in [-0.05, 0) is 43.0 Å². The molecular weight excluding hydrogens is 360 g/mol. The summed E-state index contributed by atoms with van der Waals surface area (Å²) in [6.07, 6.45) is 8.99. The number of allylic oxidation sites excluding steroid dienone is 2.